The van der Waals surface area contributed by atoms with Gasteiger partial charge in [-0.2, -0.15) is 0 Å². The molecule has 2 aliphatic rings. The Labute approximate surface area is 106 Å². The number of phenols is 2. The van der Waals surface area contributed by atoms with Crippen LogP contribution in [-0.4, -0.2) is 33.7 Å². The van der Waals surface area contributed by atoms with Gasteiger partial charge in [-0.1, -0.05) is 0 Å². The molecule has 7 heteroatoms. The van der Waals surface area contributed by atoms with Gasteiger partial charge in [0.05, 0.1) is 11.1 Å². The van der Waals surface area contributed by atoms with Crippen molar-refractivity contribution in [2.45, 2.75) is 6.92 Å². The molecule has 0 saturated heterocycles. The first-order valence-corrected chi connectivity index (χ1v) is 5.31. The Balaban J connectivity index is 2.43. The van der Waals surface area contributed by atoms with Crippen LogP contribution in [0.5, 0.6) is 23.0 Å². The number of phenolic OH excluding ortho intramolecular Hbond substituents is 2. The van der Waals surface area contributed by atoms with Crippen LogP contribution in [0, 0.1) is 0 Å². The standard InChI is InChI=1S/C12H8O7/c1-3-6(13)4-5(8(15)7(3)14)10(17)12-11(9(4)16)18-2-19-12/h14,16-17H,2H2,1H3. The second-order valence-corrected chi connectivity index (χ2v) is 4.14. The van der Waals surface area contributed by atoms with Crippen molar-refractivity contribution in [3.05, 3.63) is 22.5 Å². The zero-order valence-electron chi connectivity index (χ0n) is 9.68. The summed E-state index contributed by atoms with van der Waals surface area (Å²) in [5.74, 6) is -4.07. The maximum absolute atomic E-state index is 12.0. The minimum absolute atomic E-state index is 0.188. The van der Waals surface area contributed by atoms with E-state index in [-0.39, 0.29) is 29.4 Å². The highest BCUT2D eigenvalue weighted by Gasteiger charge is 2.40. The Hall–Kier alpha value is -2.70. The Morgan fingerprint density at radius 1 is 0.895 bits per heavy atom. The van der Waals surface area contributed by atoms with Crippen LogP contribution in [0.15, 0.2) is 11.3 Å². The number of carbonyl (C=O) groups excluding carboxylic acids is 2. The van der Waals surface area contributed by atoms with Gasteiger partial charge in [-0.15, -0.1) is 0 Å². The predicted octanol–water partition coefficient (Wildman–Crippen LogP) is 1.04. The number of hydrogen-bond acceptors (Lipinski definition) is 7. The first-order valence-electron chi connectivity index (χ1n) is 5.31. The number of allylic oxidation sites excluding steroid dienone is 2. The molecular formula is C12H8O7. The van der Waals surface area contributed by atoms with Crippen LogP contribution in [0.4, 0.5) is 0 Å². The van der Waals surface area contributed by atoms with E-state index in [0.717, 1.165) is 0 Å². The Morgan fingerprint density at radius 3 is 1.89 bits per heavy atom. The summed E-state index contributed by atoms with van der Waals surface area (Å²) in [5.41, 5.74) is -1.07. The number of ether oxygens (including phenoxy) is 2. The normalized spacial score (nSPS) is 16.9. The number of aliphatic hydroxyl groups is 1. The third kappa shape index (κ3) is 1.21. The number of ketones is 2. The predicted molar refractivity (Wildman–Crippen MR) is 59.9 cm³/mol. The number of carbonyl (C=O) groups is 2. The molecule has 0 radical (unpaired) electrons. The first-order chi connectivity index (χ1) is 8.95. The van der Waals surface area contributed by atoms with Gasteiger partial charge in [-0.05, 0) is 6.92 Å². The maximum atomic E-state index is 12.0. The molecule has 1 aromatic carbocycles. The fourth-order valence-corrected chi connectivity index (χ4v) is 2.12. The second-order valence-electron chi connectivity index (χ2n) is 4.14. The number of Topliss-reactive ketones (excluding diaryl/α,β-unsaturated/α-hetero) is 2. The van der Waals surface area contributed by atoms with Crippen molar-refractivity contribution in [3.63, 3.8) is 0 Å². The highest BCUT2D eigenvalue weighted by Crippen LogP contribution is 2.53. The van der Waals surface area contributed by atoms with Gasteiger partial charge < -0.3 is 24.8 Å². The first kappa shape index (κ1) is 11.4. The third-order valence-corrected chi connectivity index (χ3v) is 3.13. The highest BCUT2D eigenvalue weighted by molar-refractivity contribution is 6.28. The van der Waals surface area contributed by atoms with Crippen molar-refractivity contribution in [1.82, 2.24) is 0 Å². The van der Waals surface area contributed by atoms with E-state index >= 15 is 0 Å². The molecule has 3 N–H and O–H groups in total. The quantitative estimate of drug-likeness (QED) is 0.600. The molecule has 1 heterocycles. The van der Waals surface area contributed by atoms with Crippen LogP contribution in [0.25, 0.3) is 0 Å². The summed E-state index contributed by atoms with van der Waals surface area (Å²) in [6.07, 6.45) is 0. The second kappa shape index (κ2) is 3.41. The molecule has 1 aliphatic heterocycles. The molecule has 0 amide bonds. The molecule has 0 bridgehead atoms. The van der Waals surface area contributed by atoms with Crippen LogP contribution >= 0.6 is 0 Å². The summed E-state index contributed by atoms with van der Waals surface area (Å²) in [6.45, 7) is 1.000. The van der Waals surface area contributed by atoms with E-state index in [2.05, 4.69) is 0 Å². The number of fused-ring (bicyclic) bond motifs is 2. The Bertz CT molecular complexity index is 627. The lowest BCUT2D eigenvalue weighted by Gasteiger charge is -2.18. The average Bonchev–Trinajstić information content (AvgIpc) is 2.87. The van der Waals surface area contributed by atoms with Gasteiger partial charge in [0.25, 0.3) is 0 Å². The Kier molecular flexibility index (Phi) is 2.04. The van der Waals surface area contributed by atoms with Gasteiger partial charge >= 0.3 is 0 Å². The molecule has 0 saturated carbocycles. The van der Waals surface area contributed by atoms with Crippen LogP contribution in [-0.2, 0) is 0 Å². The number of rotatable bonds is 0. The zero-order valence-corrected chi connectivity index (χ0v) is 9.68. The summed E-state index contributed by atoms with van der Waals surface area (Å²) < 4.78 is 9.88. The van der Waals surface area contributed by atoms with Crippen LogP contribution in [0.1, 0.15) is 27.6 Å². The van der Waals surface area contributed by atoms with Crippen molar-refractivity contribution in [1.29, 1.82) is 0 Å². The van der Waals surface area contributed by atoms with E-state index in [1.807, 2.05) is 0 Å². The summed E-state index contributed by atoms with van der Waals surface area (Å²) in [7, 11) is 0. The number of benzene rings is 1. The van der Waals surface area contributed by atoms with Crippen LogP contribution in [0.2, 0.25) is 0 Å². The number of hydrogen-bond donors (Lipinski definition) is 3. The molecule has 3 rings (SSSR count). The molecule has 0 unspecified atom stereocenters. The molecule has 1 aliphatic carbocycles. The zero-order chi connectivity index (χ0) is 13.9. The van der Waals surface area contributed by atoms with Crippen molar-refractivity contribution in [3.8, 4) is 23.0 Å². The molecule has 0 spiro atoms. The molecule has 0 aromatic heterocycles. The van der Waals surface area contributed by atoms with Gasteiger partial charge in [-0.25, -0.2) is 0 Å². The van der Waals surface area contributed by atoms with Gasteiger partial charge in [0, 0.05) is 5.57 Å². The third-order valence-electron chi connectivity index (χ3n) is 3.13. The highest BCUT2D eigenvalue weighted by atomic mass is 16.7. The summed E-state index contributed by atoms with van der Waals surface area (Å²) in [5, 5.41) is 29.5. The fraction of sp³-hybridized carbons (Fsp3) is 0.167. The number of aromatic hydroxyl groups is 2. The molecule has 7 nitrogen and oxygen atoms in total. The van der Waals surface area contributed by atoms with E-state index in [9.17, 15) is 24.9 Å². The number of aliphatic hydroxyl groups excluding tert-OH is 1. The summed E-state index contributed by atoms with van der Waals surface area (Å²) >= 11 is 0. The summed E-state index contributed by atoms with van der Waals surface area (Å²) in [4.78, 5) is 23.9. The lowest BCUT2D eigenvalue weighted by Crippen LogP contribution is -2.21. The van der Waals surface area contributed by atoms with E-state index in [1.54, 1.807) is 0 Å². The minimum atomic E-state index is -0.946. The topological polar surface area (TPSA) is 113 Å². The fourth-order valence-electron chi connectivity index (χ4n) is 2.12. The molecule has 0 atom stereocenters. The maximum Gasteiger partial charge on any atom is 0.232 e. The SMILES string of the molecule is CC1=C(O)C(=O)c2c(O)c3c(c(O)c2C1=O)OCO3. The molecular weight excluding hydrogens is 256 g/mol. The van der Waals surface area contributed by atoms with E-state index in [0.29, 0.717) is 0 Å². The van der Waals surface area contributed by atoms with E-state index in [4.69, 9.17) is 9.47 Å². The van der Waals surface area contributed by atoms with Crippen LogP contribution in [0.3, 0.4) is 0 Å². The van der Waals surface area contributed by atoms with Gasteiger partial charge in [0.2, 0.25) is 24.1 Å². The molecule has 1 aromatic rings. The largest absolute Gasteiger partial charge is 0.504 e. The van der Waals surface area contributed by atoms with Crippen LogP contribution < -0.4 is 9.47 Å². The van der Waals surface area contributed by atoms with E-state index < -0.39 is 34.4 Å². The van der Waals surface area contributed by atoms with Gasteiger partial charge in [0.15, 0.2) is 23.0 Å². The van der Waals surface area contributed by atoms with E-state index in [1.165, 1.54) is 6.92 Å². The molecule has 98 valence electrons. The Morgan fingerprint density at radius 2 is 1.37 bits per heavy atom. The lowest BCUT2D eigenvalue weighted by atomic mass is 9.87. The lowest BCUT2D eigenvalue weighted by molar-refractivity contribution is 0.0924. The van der Waals surface area contributed by atoms with Gasteiger partial charge in [-0.3, -0.25) is 9.59 Å². The van der Waals surface area contributed by atoms with Crippen molar-refractivity contribution in [2.75, 3.05) is 6.79 Å². The summed E-state index contributed by atoms with van der Waals surface area (Å²) in [6, 6.07) is 0. The molecule has 19 heavy (non-hydrogen) atoms. The smallest absolute Gasteiger partial charge is 0.232 e. The monoisotopic (exact) mass is 264 g/mol. The van der Waals surface area contributed by atoms with Crippen molar-refractivity contribution in [2.24, 2.45) is 0 Å². The minimum Gasteiger partial charge on any atom is -0.504 e. The van der Waals surface area contributed by atoms with Crippen molar-refractivity contribution < 1.29 is 34.4 Å². The molecule has 0 fully saturated rings. The van der Waals surface area contributed by atoms with Gasteiger partial charge in [0.1, 0.15) is 0 Å². The average molecular weight is 264 g/mol. The van der Waals surface area contributed by atoms with Crippen molar-refractivity contribution >= 4 is 11.6 Å².